The van der Waals surface area contributed by atoms with Gasteiger partial charge >= 0.3 is 5.97 Å². The van der Waals surface area contributed by atoms with E-state index in [0.29, 0.717) is 35.0 Å². The lowest BCUT2D eigenvalue weighted by Gasteiger charge is -2.26. The van der Waals surface area contributed by atoms with E-state index in [4.69, 9.17) is 18.6 Å². The lowest BCUT2D eigenvalue weighted by molar-refractivity contribution is -0.135. The van der Waals surface area contributed by atoms with Gasteiger partial charge in [-0.2, -0.15) is 0 Å². The van der Waals surface area contributed by atoms with Crippen molar-refractivity contribution < 1.29 is 28.5 Å². The van der Waals surface area contributed by atoms with E-state index in [1.54, 1.807) is 31.4 Å². The minimum Gasteiger partial charge on any atom is -0.507 e. The number of hydrogen-bond acceptors (Lipinski definition) is 7. The Labute approximate surface area is 207 Å². The molecule has 0 saturated heterocycles. The number of esters is 1. The first-order chi connectivity index (χ1) is 17.4. The molecule has 7 nitrogen and oxygen atoms in total. The van der Waals surface area contributed by atoms with Gasteiger partial charge in [-0.05, 0) is 41.3 Å². The standard InChI is InChI=1S/C29H26O7/c1-16(2)14-34-20-10-6-17(7-11-20)21-12-25(31)36-24-13-23(30)27-28(32)22(15-35-29(27)26(21)24)18-4-8-19(33-3)9-5-18/h4-11,13,15-16,21,30H,12,14H2,1-3H3. The summed E-state index contributed by atoms with van der Waals surface area (Å²) in [6, 6.07) is 15.8. The van der Waals surface area contributed by atoms with Gasteiger partial charge in [0.1, 0.15) is 40.2 Å². The normalized spacial score (nSPS) is 15.0. The minimum atomic E-state index is -0.427. The molecule has 1 unspecified atom stereocenters. The van der Waals surface area contributed by atoms with Crippen molar-refractivity contribution in [1.82, 2.24) is 0 Å². The van der Waals surface area contributed by atoms with Gasteiger partial charge in [0.05, 0.1) is 25.7 Å². The van der Waals surface area contributed by atoms with Gasteiger partial charge in [-0.1, -0.05) is 38.1 Å². The SMILES string of the molecule is COc1ccc(-c2coc3c4c(cc(O)c3c2=O)OC(=O)CC4c2ccc(OCC(C)C)cc2)cc1. The quantitative estimate of drug-likeness (QED) is 0.278. The van der Waals surface area contributed by atoms with E-state index in [9.17, 15) is 14.7 Å². The van der Waals surface area contributed by atoms with Gasteiger partial charge in [0.2, 0.25) is 5.43 Å². The maximum Gasteiger partial charge on any atom is 0.312 e. The van der Waals surface area contributed by atoms with Crippen LogP contribution in [0.15, 0.2) is 70.1 Å². The molecule has 0 bridgehead atoms. The van der Waals surface area contributed by atoms with Gasteiger partial charge < -0.3 is 23.7 Å². The van der Waals surface area contributed by atoms with Crippen LogP contribution in [0.3, 0.4) is 0 Å². The van der Waals surface area contributed by atoms with E-state index in [1.807, 2.05) is 24.3 Å². The van der Waals surface area contributed by atoms with Crippen LogP contribution in [0.4, 0.5) is 0 Å². The highest BCUT2D eigenvalue weighted by atomic mass is 16.5. The number of aromatic hydroxyl groups is 1. The first kappa shape index (κ1) is 23.5. The van der Waals surface area contributed by atoms with E-state index in [-0.39, 0.29) is 34.3 Å². The fourth-order valence-electron chi connectivity index (χ4n) is 4.45. The van der Waals surface area contributed by atoms with Crippen molar-refractivity contribution in [3.05, 3.63) is 82.2 Å². The van der Waals surface area contributed by atoms with Crippen molar-refractivity contribution in [3.8, 4) is 34.1 Å². The van der Waals surface area contributed by atoms with Crippen molar-refractivity contribution in [2.75, 3.05) is 13.7 Å². The summed E-state index contributed by atoms with van der Waals surface area (Å²) in [5.41, 5.74) is 2.15. The Morgan fingerprint density at radius 2 is 1.72 bits per heavy atom. The summed E-state index contributed by atoms with van der Waals surface area (Å²) in [6.07, 6.45) is 1.45. The molecule has 1 atom stereocenters. The minimum absolute atomic E-state index is 0.0434. The highest BCUT2D eigenvalue weighted by Gasteiger charge is 2.33. The molecule has 0 saturated carbocycles. The van der Waals surface area contributed by atoms with Crippen LogP contribution in [-0.2, 0) is 4.79 Å². The molecule has 3 aromatic carbocycles. The van der Waals surface area contributed by atoms with Crippen molar-refractivity contribution in [2.24, 2.45) is 5.92 Å². The van der Waals surface area contributed by atoms with Crippen LogP contribution in [-0.4, -0.2) is 24.8 Å². The molecule has 36 heavy (non-hydrogen) atoms. The largest absolute Gasteiger partial charge is 0.507 e. The number of ether oxygens (including phenoxy) is 3. The summed E-state index contributed by atoms with van der Waals surface area (Å²) >= 11 is 0. The monoisotopic (exact) mass is 486 g/mol. The molecule has 0 aliphatic carbocycles. The second-order valence-corrected chi connectivity index (χ2v) is 9.22. The molecule has 0 radical (unpaired) electrons. The van der Waals surface area contributed by atoms with Crippen molar-refractivity contribution in [1.29, 1.82) is 0 Å². The molecule has 0 fully saturated rings. The van der Waals surface area contributed by atoms with Gasteiger partial charge in [-0.25, -0.2) is 0 Å². The fraction of sp³-hybridized carbons (Fsp3) is 0.241. The zero-order valence-corrected chi connectivity index (χ0v) is 20.2. The first-order valence-corrected chi connectivity index (χ1v) is 11.7. The lowest BCUT2D eigenvalue weighted by Crippen LogP contribution is -2.22. The third-order valence-corrected chi connectivity index (χ3v) is 6.24. The molecule has 4 aromatic rings. The molecule has 184 valence electrons. The van der Waals surface area contributed by atoms with Crippen molar-refractivity contribution in [2.45, 2.75) is 26.2 Å². The molecule has 1 aliphatic rings. The predicted molar refractivity (Wildman–Crippen MR) is 135 cm³/mol. The average Bonchev–Trinajstić information content (AvgIpc) is 2.87. The summed E-state index contributed by atoms with van der Waals surface area (Å²) in [7, 11) is 1.57. The number of benzene rings is 3. The summed E-state index contributed by atoms with van der Waals surface area (Å²) in [4.78, 5) is 25.9. The van der Waals surface area contributed by atoms with Gasteiger partial charge in [0, 0.05) is 17.5 Å². The topological polar surface area (TPSA) is 95.2 Å². The van der Waals surface area contributed by atoms with Crippen LogP contribution < -0.4 is 19.6 Å². The highest BCUT2D eigenvalue weighted by molar-refractivity contribution is 5.94. The Morgan fingerprint density at radius 3 is 2.39 bits per heavy atom. The maximum absolute atomic E-state index is 13.5. The summed E-state index contributed by atoms with van der Waals surface area (Å²) < 4.78 is 22.4. The Morgan fingerprint density at radius 1 is 1.03 bits per heavy atom. The van der Waals surface area contributed by atoms with Gasteiger partial charge in [-0.15, -0.1) is 0 Å². The zero-order valence-electron chi connectivity index (χ0n) is 20.2. The van der Waals surface area contributed by atoms with Gasteiger partial charge in [0.25, 0.3) is 0 Å². The number of phenolic OH excluding ortho intramolecular Hbond substituents is 1. The Balaban J connectivity index is 1.62. The highest BCUT2D eigenvalue weighted by Crippen LogP contribution is 2.45. The van der Waals surface area contributed by atoms with Crippen LogP contribution >= 0.6 is 0 Å². The van der Waals surface area contributed by atoms with E-state index < -0.39 is 11.9 Å². The number of carbonyl (C=O) groups is 1. The second kappa shape index (κ2) is 9.41. The van der Waals surface area contributed by atoms with Crippen LogP contribution in [0.1, 0.15) is 37.3 Å². The first-order valence-electron chi connectivity index (χ1n) is 11.7. The molecule has 1 aliphatic heterocycles. The number of fused-ring (bicyclic) bond motifs is 3. The summed E-state index contributed by atoms with van der Waals surface area (Å²) in [5.74, 6) is 0.820. The van der Waals surface area contributed by atoms with E-state index in [0.717, 1.165) is 11.3 Å². The molecule has 5 rings (SSSR count). The van der Waals surface area contributed by atoms with Crippen molar-refractivity contribution >= 4 is 16.9 Å². The van der Waals surface area contributed by atoms with E-state index >= 15 is 0 Å². The Kier molecular flexibility index (Phi) is 6.14. The molecular weight excluding hydrogens is 460 g/mol. The van der Waals surface area contributed by atoms with Crippen LogP contribution in [0.2, 0.25) is 0 Å². The predicted octanol–water partition coefficient (Wildman–Crippen LogP) is 5.65. The van der Waals surface area contributed by atoms with Crippen LogP contribution in [0.5, 0.6) is 23.0 Å². The molecule has 7 heteroatoms. The van der Waals surface area contributed by atoms with Gasteiger partial charge in [-0.3, -0.25) is 9.59 Å². The average molecular weight is 487 g/mol. The zero-order chi connectivity index (χ0) is 25.4. The summed E-state index contributed by atoms with van der Waals surface area (Å²) in [5, 5.41) is 10.8. The number of methoxy groups -OCH3 is 1. The van der Waals surface area contributed by atoms with Gasteiger partial charge in [0.15, 0.2) is 0 Å². The Bertz CT molecular complexity index is 1480. The summed E-state index contributed by atoms with van der Waals surface area (Å²) in [6.45, 7) is 4.75. The molecule has 1 aromatic heterocycles. The van der Waals surface area contributed by atoms with Crippen molar-refractivity contribution in [3.63, 3.8) is 0 Å². The van der Waals surface area contributed by atoms with Crippen LogP contribution in [0.25, 0.3) is 22.1 Å². The fourth-order valence-corrected chi connectivity index (χ4v) is 4.45. The molecular formula is C29H26O7. The van der Waals surface area contributed by atoms with E-state index in [1.165, 1.54) is 12.3 Å². The molecule has 1 N–H and O–H groups in total. The second-order valence-electron chi connectivity index (χ2n) is 9.22. The maximum atomic E-state index is 13.5. The lowest BCUT2D eigenvalue weighted by atomic mass is 9.85. The number of hydrogen-bond donors (Lipinski definition) is 1. The molecule has 0 amide bonds. The molecule has 0 spiro atoms. The number of phenols is 1. The number of carbonyl (C=O) groups excluding carboxylic acids is 1. The third-order valence-electron chi connectivity index (χ3n) is 6.24. The smallest absolute Gasteiger partial charge is 0.312 e. The van der Waals surface area contributed by atoms with E-state index in [2.05, 4.69) is 13.8 Å². The van der Waals surface area contributed by atoms with Crippen LogP contribution in [0, 0.1) is 5.92 Å². The third kappa shape index (κ3) is 4.28. The molecule has 2 heterocycles. The Hall–Kier alpha value is -4.26. The number of rotatable bonds is 6.